The van der Waals surface area contributed by atoms with Gasteiger partial charge in [-0.2, -0.15) is 0 Å². The van der Waals surface area contributed by atoms with Crippen molar-refractivity contribution < 1.29 is 19.1 Å². The maximum atomic E-state index is 11.6. The van der Waals surface area contributed by atoms with E-state index >= 15 is 0 Å². The van der Waals surface area contributed by atoms with Crippen LogP contribution < -0.4 is 0 Å². The molecule has 1 aliphatic heterocycles. The van der Waals surface area contributed by atoms with Crippen LogP contribution in [0.3, 0.4) is 0 Å². The van der Waals surface area contributed by atoms with E-state index in [1.165, 1.54) is 19.8 Å². The maximum absolute atomic E-state index is 11.6. The summed E-state index contributed by atoms with van der Waals surface area (Å²) in [5.74, 6) is -0.571. The van der Waals surface area contributed by atoms with Gasteiger partial charge in [-0.05, 0) is 25.8 Å². The fourth-order valence-electron chi connectivity index (χ4n) is 2.26. The van der Waals surface area contributed by atoms with Gasteiger partial charge in [-0.3, -0.25) is 4.79 Å². The van der Waals surface area contributed by atoms with Gasteiger partial charge >= 0.3 is 11.9 Å². The minimum absolute atomic E-state index is 0.166. The van der Waals surface area contributed by atoms with Crippen LogP contribution in [-0.2, 0) is 19.1 Å². The SMILES string of the molecule is CCCCCC[C@H](CC1=C[C@H](C)OC1=O)OC(C)=O. The van der Waals surface area contributed by atoms with E-state index in [-0.39, 0.29) is 24.1 Å². The molecule has 1 heterocycles. The normalized spacial score (nSPS) is 19.8. The van der Waals surface area contributed by atoms with Gasteiger partial charge in [0, 0.05) is 18.9 Å². The average molecular weight is 268 g/mol. The van der Waals surface area contributed by atoms with Crippen molar-refractivity contribution in [3.8, 4) is 0 Å². The topological polar surface area (TPSA) is 52.6 Å². The Kier molecular flexibility index (Phi) is 6.60. The summed E-state index contributed by atoms with van der Waals surface area (Å²) >= 11 is 0. The molecule has 1 aliphatic rings. The zero-order valence-electron chi connectivity index (χ0n) is 12.1. The second-order valence-corrected chi connectivity index (χ2v) is 5.09. The molecule has 0 amide bonds. The van der Waals surface area contributed by atoms with E-state index in [1.807, 2.05) is 13.0 Å². The zero-order valence-corrected chi connectivity index (χ0v) is 12.1. The molecule has 0 radical (unpaired) electrons. The molecule has 0 aromatic heterocycles. The molecule has 4 nitrogen and oxygen atoms in total. The van der Waals surface area contributed by atoms with Gasteiger partial charge in [-0.1, -0.05) is 26.2 Å². The van der Waals surface area contributed by atoms with Crippen LogP contribution in [0.25, 0.3) is 0 Å². The summed E-state index contributed by atoms with van der Waals surface area (Å²) in [7, 11) is 0. The molecule has 0 N–H and O–H groups in total. The van der Waals surface area contributed by atoms with Crippen molar-refractivity contribution in [3.05, 3.63) is 11.6 Å². The lowest BCUT2D eigenvalue weighted by Gasteiger charge is -2.16. The van der Waals surface area contributed by atoms with Crippen molar-refractivity contribution in [3.63, 3.8) is 0 Å². The second-order valence-electron chi connectivity index (χ2n) is 5.09. The summed E-state index contributed by atoms with van der Waals surface area (Å²) in [6.07, 6.45) is 7.22. The highest BCUT2D eigenvalue weighted by Crippen LogP contribution is 2.22. The highest BCUT2D eigenvalue weighted by Gasteiger charge is 2.25. The largest absolute Gasteiger partial charge is 0.462 e. The van der Waals surface area contributed by atoms with Gasteiger partial charge in [0.1, 0.15) is 12.2 Å². The van der Waals surface area contributed by atoms with Crippen LogP contribution in [0, 0.1) is 0 Å². The van der Waals surface area contributed by atoms with Crippen molar-refractivity contribution >= 4 is 11.9 Å². The van der Waals surface area contributed by atoms with Crippen LogP contribution >= 0.6 is 0 Å². The van der Waals surface area contributed by atoms with E-state index in [9.17, 15) is 9.59 Å². The number of unbranched alkanes of at least 4 members (excludes halogenated alkanes) is 3. The predicted molar refractivity (Wildman–Crippen MR) is 72.6 cm³/mol. The Morgan fingerprint density at radius 1 is 1.42 bits per heavy atom. The lowest BCUT2D eigenvalue weighted by molar-refractivity contribution is -0.148. The number of esters is 2. The fraction of sp³-hybridized carbons (Fsp3) is 0.733. The Labute approximate surface area is 115 Å². The van der Waals surface area contributed by atoms with E-state index in [2.05, 4.69) is 6.92 Å². The van der Waals surface area contributed by atoms with Crippen LogP contribution in [-0.4, -0.2) is 24.1 Å². The first kappa shape index (κ1) is 15.7. The van der Waals surface area contributed by atoms with Crippen LogP contribution in [0.5, 0.6) is 0 Å². The second kappa shape index (κ2) is 7.97. The minimum Gasteiger partial charge on any atom is -0.462 e. The Bertz CT molecular complexity index is 346. The standard InChI is InChI=1S/C15H24O4/c1-4-5-6-7-8-14(19-12(3)16)10-13-9-11(2)18-15(13)17/h9,11,14H,4-8,10H2,1-3H3/t11-,14+/m0/s1. The van der Waals surface area contributed by atoms with Gasteiger partial charge in [0.25, 0.3) is 0 Å². The third-order valence-electron chi connectivity index (χ3n) is 3.15. The first-order valence-corrected chi connectivity index (χ1v) is 7.11. The zero-order chi connectivity index (χ0) is 14.3. The third kappa shape index (κ3) is 5.90. The first-order chi connectivity index (χ1) is 9.02. The molecule has 0 aliphatic carbocycles. The van der Waals surface area contributed by atoms with Crippen molar-refractivity contribution in [1.82, 2.24) is 0 Å². The van der Waals surface area contributed by atoms with Crippen LogP contribution in [0.15, 0.2) is 11.6 Å². The van der Waals surface area contributed by atoms with Gasteiger partial charge in [-0.15, -0.1) is 0 Å². The number of hydrogen-bond acceptors (Lipinski definition) is 4. The molecule has 2 atom stereocenters. The minimum atomic E-state index is -0.291. The van der Waals surface area contributed by atoms with Gasteiger partial charge in [0.05, 0.1) is 0 Å². The molecule has 108 valence electrons. The Balaban J connectivity index is 2.47. The van der Waals surface area contributed by atoms with Crippen molar-refractivity contribution in [2.24, 2.45) is 0 Å². The maximum Gasteiger partial charge on any atom is 0.334 e. The number of carbonyl (C=O) groups excluding carboxylic acids is 2. The molecule has 4 heteroatoms. The van der Waals surface area contributed by atoms with E-state index in [1.54, 1.807) is 0 Å². The quantitative estimate of drug-likeness (QED) is 0.501. The van der Waals surface area contributed by atoms with E-state index < -0.39 is 0 Å². The molecule has 0 spiro atoms. The number of ether oxygens (including phenoxy) is 2. The number of cyclic esters (lactones) is 1. The third-order valence-corrected chi connectivity index (χ3v) is 3.15. The van der Waals surface area contributed by atoms with E-state index in [0.717, 1.165) is 19.3 Å². The smallest absolute Gasteiger partial charge is 0.334 e. The summed E-state index contributed by atoms with van der Waals surface area (Å²) < 4.78 is 10.3. The lowest BCUT2D eigenvalue weighted by atomic mass is 10.0. The van der Waals surface area contributed by atoms with Crippen LogP contribution in [0.1, 0.15) is 59.3 Å². The van der Waals surface area contributed by atoms with Crippen molar-refractivity contribution in [1.29, 1.82) is 0 Å². The lowest BCUT2D eigenvalue weighted by Crippen LogP contribution is -2.18. The molecule has 0 fully saturated rings. The summed E-state index contributed by atoms with van der Waals surface area (Å²) in [5, 5.41) is 0. The average Bonchev–Trinajstić information content (AvgIpc) is 2.62. The molecule has 0 unspecified atom stereocenters. The summed E-state index contributed by atoms with van der Waals surface area (Å²) in [4.78, 5) is 22.7. The van der Waals surface area contributed by atoms with E-state index in [4.69, 9.17) is 9.47 Å². The first-order valence-electron chi connectivity index (χ1n) is 7.11. The number of rotatable bonds is 8. The number of hydrogen-bond donors (Lipinski definition) is 0. The summed E-state index contributed by atoms with van der Waals surface area (Å²) in [6.45, 7) is 5.39. The van der Waals surface area contributed by atoms with Gasteiger partial charge < -0.3 is 9.47 Å². The highest BCUT2D eigenvalue weighted by atomic mass is 16.6. The van der Waals surface area contributed by atoms with Crippen LogP contribution in [0.2, 0.25) is 0 Å². The molecule has 1 rings (SSSR count). The molecular formula is C15H24O4. The van der Waals surface area contributed by atoms with E-state index in [0.29, 0.717) is 12.0 Å². The highest BCUT2D eigenvalue weighted by molar-refractivity contribution is 5.90. The Hall–Kier alpha value is -1.32. The van der Waals surface area contributed by atoms with Crippen molar-refractivity contribution in [2.75, 3.05) is 0 Å². The Morgan fingerprint density at radius 2 is 2.16 bits per heavy atom. The molecule has 0 aromatic rings. The predicted octanol–water partition coefficient (Wildman–Crippen LogP) is 3.15. The molecule has 0 saturated heterocycles. The molecule has 0 aromatic carbocycles. The summed E-state index contributed by atoms with van der Waals surface area (Å²) in [5.41, 5.74) is 0.634. The van der Waals surface area contributed by atoms with Gasteiger partial charge in [-0.25, -0.2) is 4.79 Å². The van der Waals surface area contributed by atoms with Gasteiger partial charge in [0.2, 0.25) is 0 Å². The molecule has 0 bridgehead atoms. The molecule has 0 saturated carbocycles. The Morgan fingerprint density at radius 3 is 2.68 bits per heavy atom. The number of carbonyl (C=O) groups is 2. The van der Waals surface area contributed by atoms with Gasteiger partial charge in [0.15, 0.2) is 0 Å². The molecular weight excluding hydrogens is 244 g/mol. The van der Waals surface area contributed by atoms with Crippen molar-refractivity contribution in [2.45, 2.75) is 71.5 Å². The monoisotopic (exact) mass is 268 g/mol. The van der Waals surface area contributed by atoms with Crippen LogP contribution in [0.4, 0.5) is 0 Å². The summed E-state index contributed by atoms with van der Waals surface area (Å²) in [6, 6.07) is 0. The fourth-order valence-corrected chi connectivity index (χ4v) is 2.26. The molecule has 19 heavy (non-hydrogen) atoms.